The standard InChI is InChI=1S/C104H156N8O2S/c1-9-17-25-31-37-43-49-55-62-79-69-70-80(63-56-50-44-38-32-26-18-10-2)89-88(79)97-105-98(89)107-100-91-82(65-58-52-46-40-34-28-20-12-4)72-74-84(67-60-54-48-42-36-30-22-14-6)93(91)102(109-100)111-104-95-94(86(113-75-23-15-7)78-85(87-68-61-77-115-87)96(95)114-76-24-16-8)103(112-104)110-101-92-83(66-59-53-47-41-35-29-21-13-5)73-71-81(90(92)99(106-97)108-101)64-57-51-45-39-33-27-19-11-3/h61,68-74,77-78H,9-60,62-67,75-76H2,1-8H3,(H2,105,106,107,108,109,110,111,112). The maximum atomic E-state index is 7.36. The van der Waals surface area contributed by atoms with Crippen LogP contribution >= 0.6 is 11.3 Å². The Morgan fingerprint density at radius 2 is 0.522 bits per heavy atom. The number of nitrogens with zero attached hydrogens (tertiary/aromatic N) is 6. The summed E-state index contributed by atoms with van der Waals surface area (Å²) in [6, 6.07) is 21.5. The topological polar surface area (TPSA) is 127 Å². The van der Waals surface area contributed by atoms with Crippen molar-refractivity contribution in [2.75, 3.05) is 13.2 Å². The number of hydrogen-bond donors (Lipinski definition) is 2. The van der Waals surface area contributed by atoms with Crippen LogP contribution in [0.15, 0.2) is 60.0 Å². The minimum absolute atomic E-state index is 0.556. The number of aromatic nitrogens is 8. The number of aromatic amines is 2. The Kier molecular flexibility index (Phi) is 41.4. The largest absolute Gasteiger partial charge is 0.493 e. The van der Waals surface area contributed by atoms with E-state index in [0.29, 0.717) is 36.2 Å². The Balaban J connectivity index is 1.31. The minimum Gasteiger partial charge on any atom is -0.493 e. The van der Waals surface area contributed by atoms with Crippen molar-refractivity contribution in [1.82, 2.24) is 39.9 Å². The van der Waals surface area contributed by atoms with Crippen LogP contribution in [-0.2, 0) is 38.5 Å². The Hall–Kier alpha value is -6.46. The van der Waals surface area contributed by atoms with Crippen LogP contribution in [0.4, 0.5) is 0 Å². The van der Waals surface area contributed by atoms with Gasteiger partial charge in [0.2, 0.25) is 0 Å². The van der Waals surface area contributed by atoms with E-state index in [-0.39, 0.29) is 0 Å². The van der Waals surface area contributed by atoms with Gasteiger partial charge in [0.25, 0.3) is 0 Å². The van der Waals surface area contributed by atoms with Gasteiger partial charge in [-0.1, -0.05) is 380 Å². The molecule has 0 unspecified atom stereocenters. The van der Waals surface area contributed by atoms with Gasteiger partial charge in [0.15, 0.2) is 23.3 Å². The van der Waals surface area contributed by atoms with E-state index < -0.39 is 0 Å². The van der Waals surface area contributed by atoms with Crippen LogP contribution < -0.4 is 9.47 Å². The van der Waals surface area contributed by atoms with Crippen molar-refractivity contribution in [1.29, 1.82) is 0 Å². The molecule has 8 bridgehead atoms. The van der Waals surface area contributed by atoms with Gasteiger partial charge in [0.1, 0.15) is 34.1 Å². The third-order valence-electron chi connectivity index (χ3n) is 25.1. The van der Waals surface area contributed by atoms with Crippen molar-refractivity contribution in [3.63, 3.8) is 0 Å². The average molecular weight is 1580 g/mol. The highest BCUT2D eigenvalue weighted by molar-refractivity contribution is 7.13. The lowest BCUT2D eigenvalue weighted by Crippen LogP contribution is -2.02. The number of fused-ring (bicyclic) bond motifs is 20. The molecule has 0 atom stereocenters. The first kappa shape index (κ1) is 90.9. The highest BCUT2D eigenvalue weighted by atomic mass is 32.1. The van der Waals surface area contributed by atoms with Crippen molar-refractivity contribution in [3.8, 4) is 67.5 Å². The zero-order valence-electron chi connectivity index (χ0n) is 74.1. The van der Waals surface area contributed by atoms with Crippen LogP contribution in [0.1, 0.15) is 423 Å². The van der Waals surface area contributed by atoms with Crippen molar-refractivity contribution in [2.45, 2.75) is 428 Å². The van der Waals surface area contributed by atoms with Crippen LogP contribution in [-0.4, -0.2) is 53.1 Å². The number of benzene rings is 4. The van der Waals surface area contributed by atoms with Crippen LogP contribution in [0.25, 0.3) is 100 Å². The van der Waals surface area contributed by atoms with Gasteiger partial charge < -0.3 is 19.4 Å². The van der Waals surface area contributed by atoms with Gasteiger partial charge in [-0.2, -0.15) is 0 Å². The maximum Gasteiger partial charge on any atom is 0.165 e. The lowest BCUT2D eigenvalue weighted by atomic mass is 9.91. The monoisotopic (exact) mass is 1580 g/mol. The molecule has 10 nitrogen and oxygen atoms in total. The first-order valence-electron chi connectivity index (χ1n) is 48.7. The number of rotatable bonds is 63. The molecule has 0 saturated heterocycles. The van der Waals surface area contributed by atoms with Crippen molar-refractivity contribution in [3.05, 3.63) is 93.4 Å². The summed E-state index contributed by atoms with van der Waals surface area (Å²) in [5.41, 5.74) is 16.6. The number of nitrogens with one attached hydrogen (secondary N) is 2. The molecule has 0 radical (unpaired) electrons. The van der Waals surface area contributed by atoms with Crippen LogP contribution in [0.5, 0.6) is 11.5 Å². The zero-order chi connectivity index (χ0) is 80.3. The third-order valence-corrected chi connectivity index (χ3v) is 26.0. The molecular weight excluding hydrogens is 1430 g/mol. The fourth-order valence-corrected chi connectivity index (χ4v) is 18.9. The summed E-state index contributed by atoms with van der Waals surface area (Å²) in [5.74, 6) is 4.46. The smallest absolute Gasteiger partial charge is 0.165 e. The lowest BCUT2D eigenvalue weighted by molar-refractivity contribution is 0.307. The van der Waals surface area contributed by atoms with Gasteiger partial charge in [0.05, 0.1) is 24.0 Å². The predicted octanol–water partition coefficient (Wildman–Crippen LogP) is 33.1. The van der Waals surface area contributed by atoms with Gasteiger partial charge in [-0.15, -0.1) is 11.3 Å². The average Bonchev–Trinajstić information content (AvgIpc) is 1.58. The first-order valence-corrected chi connectivity index (χ1v) is 49.5. The summed E-state index contributed by atoms with van der Waals surface area (Å²) in [7, 11) is 0. The summed E-state index contributed by atoms with van der Waals surface area (Å²) in [5, 5.41) is 6.33. The van der Waals surface area contributed by atoms with E-state index in [9.17, 15) is 0 Å². The van der Waals surface area contributed by atoms with Crippen molar-refractivity contribution >= 4 is 55.5 Å². The Labute approximate surface area is 702 Å². The SMILES string of the molecule is CCCCCCCCCCc1ccc(CCCCCCCCCC)c2c1-c1nc-2nc2[nH]c(nc3nc(nc4[nH]c(n1)c1c(CCCCCCCCCC)ccc(CCCCCCCCCC)c41)-c1c(CCCCCCCCCC)ccc(CCCCCCCCCC)c1-3)c1c(OCCCC)c(-c3cccs3)cc(OCCCC)c21. The molecule has 0 fully saturated rings. The van der Waals surface area contributed by atoms with Gasteiger partial charge in [-0.3, -0.25) is 0 Å². The molecular formula is C104H156N8O2S. The molecule has 4 aromatic carbocycles. The zero-order valence-corrected chi connectivity index (χ0v) is 74.9. The maximum absolute atomic E-state index is 7.36. The molecule has 2 aliphatic heterocycles. The normalized spacial score (nSPS) is 12.0. The molecule has 4 aromatic heterocycles. The number of H-pyrrole nitrogens is 2. The summed E-state index contributed by atoms with van der Waals surface area (Å²) in [4.78, 5) is 46.0. The molecule has 115 heavy (non-hydrogen) atoms. The molecule has 630 valence electrons. The third kappa shape index (κ3) is 27.3. The van der Waals surface area contributed by atoms with E-state index >= 15 is 0 Å². The van der Waals surface area contributed by atoms with Crippen molar-refractivity contribution < 1.29 is 9.47 Å². The fourth-order valence-electron chi connectivity index (χ4n) is 18.2. The van der Waals surface area contributed by atoms with E-state index in [1.165, 1.54) is 314 Å². The Bertz CT molecular complexity index is 4280. The molecule has 0 saturated carbocycles. The highest BCUT2D eigenvalue weighted by Crippen LogP contribution is 2.50. The van der Waals surface area contributed by atoms with E-state index in [0.717, 1.165) is 181 Å². The van der Waals surface area contributed by atoms with E-state index in [4.69, 9.17) is 39.4 Å². The molecule has 8 aromatic rings. The van der Waals surface area contributed by atoms with E-state index in [1.807, 2.05) is 0 Å². The first-order chi connectivity index (χ1) is 56.9. The number of ether oxygens (including phenoxy) is 2. The molecule has 6 heterocycles. The van der Waals surface area contributed by atoms with E-state index in [2.05, 4.69) is 125 Å². The van der Waals surface area contributed by atoms with Crippen LogP contribution in [0.2, 0.25) is 0 Å². The van der Waals surface area contributed by atoms with Crippen molar-refractivity contribution in [2.24, 2.45) is 0 Å². The molecule has 0 aliphatic carbocycles. The number of unbranched alkanes of at least 4 members (excludes halogenated alkanes) is 44. The fraction of sp³-hybridized carbons (Fsp3) is 0.654. The van der Waals surface area contributed by atoms with Gasteiger partial charge >= 0.3 is 0 Å². The summed E-state index contributed by atoms with van der Waals surface area (Å²) < 4.78 is 14.6. The quantitative estimate of drug-likeness (QED) is 0.0361. The second-order valence-electron chi connectivity index (χ2n) is 34.7. The van der Waals surface area contributed by atoms with Gasteiger partial charge in [0, 0.05) is 43.5 Å². The van der Waals surface area contributed by atoms with Crippen LogP contribution in [0, 0.1) is 0 Å². The van der Waals surface area contributed by atoms with Gasteiger partial charge in [-0.25, -0.2) is 29.9 Å². The van der Waals surface area contributed by atoms with E-state index in [1.54, 1.807) is 11.3 Å². The second kappa shape index (κ2) is 52.5. The number of thiophene rings is 1. The number of aryl methyl sites for hydroxylation is 6. The molecule has 0 amide bonds. The molecule has 2 N–H and O–H groups in total. The Morgan fingerprint density at radius 3 is 0.817 bits per heavy atom. The molecule has 11 heteroatoms. The molecule has 2 aliphatic rings. The summed E-state index contributed by atoms with van der Waals surface area (Å²) in [6.07, 6.45) is 70.3. The minimum atomic E-state index is 0.556. The predicted molar refractivity (Wildman–Crippen MR) is 498 cm³/mol. The lowest BCUT2D eigenvalue weighted by Gasteiger charge is -2.16. The second-order valence-corrected chi connectivity index (χ2v) is 35.7. The molecule has 0 spiro atoms. The van der Waals surface area contributed by atoms with Crippen LogP contribution in [0.3, 0.4) is 0 Å². The summed E-state index contributed by atoms with van der Waals surface area (Å²) in [6.45, 7) is 19.6. The number of hydrogen-bond acceptors (Lipinski definition) is 9. The highest BCUT2D eigenvalue weighted by Gasteiger charge is 2.32. The molecule has 10 rings (SSSR count). The van der Waals surface area contributed by atoms with Gasteiger partial charge in [-0.05, 0) is 141 Å². The Morgan fingerprint density at radius 1 is 0.261 bits per heavy atom. The summed E-state index contributed by atoms with van der Waals surface area (Å²) >= 11 is 1.74.